The number of morpholine rings is 2. The van der Waals surface area contributed by atoms with E-state index in [0.717, 1.165) is 54.5 Å². The van der Waals surface area contributed by atoms with E-state index in [1.54, 1.807) is 92.4 Å². The lowest BCUT2D eigenvalue weighted by Crippen LogP contribution is -2.38. The quantitative estimate of drug-likeness (QED) is 0.0331. The van der Waals surface area contributed by atoms with Crippen LogP contribution in [0, 0.1) is 51.6 Å². The molecule has 12 rings (SSSR count). The van der Waals surface area contributed by atoms with E-state index < -0.39 is 5.82 Å². The maximum absolute atomic E-state index is 14.4. The highest BCUT2D eigenvalue weighted by atomic mass is 19.1. The first-order chi connectivity index (χ1) is 54.8. The molecule has 6 heterocycles. The molecule has 3 aliphatic rings. The van der Waals surface area contributed by atoms with Crippen molar-refractivity contribution in [3.05, 3.63) is 203 Å². The molecule has 27 heteroatoms. The zero-order valence-corrected chi connectivity index (χ0v) is 65.8. The third-order valence-corrected chi connectivity index (χ3v) is 18.6. The second-order valence-corrected chi connectivity index (χ2v) is 28.1. The zero-order chi connectivity index (χ0) is 80.6. The zero-order valence-electron chi connectivity index (χ0n) is 65.8. The molecule has 1 aliphatic carbocycles. The molecule has 1 unspecified atom stereocenters. The number of unbranched alkanes of at least 4 members (excludes halogenated alkanes) is 1. The molecule has 4 aromatic heterocycles. The van der Waals surface area contributed by atoms with Gasteiger partial charge in [0, 0.05) is 140 Å². The number of nitrogens with zero attached hydrogens (tertiary/aromatic N) is 15. The summed E-state index contributed by atoms with van der Waals surface area (Å²) in [5.74, 6) is 1.96. The van der Waals surface area contributed by atoms with Gasteiger partial charge in [-0.05, 0) is 119 Å². The van der Waals surface area contributed by atoms with Gasteiger partial charge in [-0.25, -0.2) is 44.3 Å². The molecule has 4 N–H and O–H groups in total. The predicted molar refractivity (Wildman–Crippen MR) is 436 cm³/mol. The Morgan fingerprint density at radius 2 is 1.09 bits per heavy atom. The van der Waals surface area contributed by atoms with E-state index in [4.69, 9.17) is 29.7 Å². The van der Waals surface area contributed by atoms with Crippen molar-refractivity contribution in [3.63, 3.8) is 0 Å². The predicted octanol–water partition coefficient (Wildman–Crippen LogP) is 13.0. The maximum Gasteiger partial charge on any atom is 0.258 e. The van der Waals surface area contributed by atoms with Crippen LogP contribution < -0.4 is 36.0 Å². The minimum absolute atomic E-state index is 0. The van der Waals surface area contributed by atoms with Crippen LogP contribution in [0.1, 0.15) is 152 Å². The van der Waals surface area contributed by atoms with Gasteiger partial charge < -0.3 is 55.1 Å². The molecule has 0 spiro atoms. The Hall–Kier alpha value is -12.2. The van der Waals surface area contributed by atoms with E-state index in [-0.39, 0.29) is 42.7 Å². The lowest BCUT2D eigenvalue weighted by Gasteiger charge is -2.29. The average molecular weight is 1530 g/mol. The number of carbonyl (C=O) groups excluding carboxylic acids is 4. The third kappa shape index (κ3) is 24.9. The van der Waals surface area contributed by atoms with Crippen LogP contribution in [0.3, 0.4) is 0 Å². The van der Waals surface area contributed by atoms with E-state index in [1.807, 2.05) is 104 Å². The Balaban J connectivity index is 0.000000191. The summed E-state index contributed by atoms with van der Waals surface area (Å²) in [7, 11) is 3.60. The Labute approximate surface area is 662 Å². The number of carbonyl (C=O) groups is 4. The number of amides is 4. The summed E-state index contributed by atoms with van der Waals surface area (Å²) in [4.78, 5) is 95.7. The van der Waals surface area contributed by atoms with Gasteiger partial charge in [-0.2, -0.15) is 15.8 Å². The second-order valence-electron chi connectivity index (χ2n) is 28.1. The van der Waals surface area contributed by atoms with Crippen molar-refractivity contribution in [1.29, 1.82) is 15.8 Å². The fraction of sp³-hybridized carbons (Fsp3) is 0.384. The number of hydrogen-bond acceptors (Lipinski definition) is 22. The highest BCUT2D eigenvalue weighted by molar-refractivity contribution is 6.02. The smallest absolute Gasteiger partial charge is 0.258 e. The molecule has 0 radical (unpaired) electrons. The van der Waals surface area contributed by atoms with Crippen LogP contribution in [0.5, 0.6) is 0 Å². The van der Waals surface area contributed by atoms with Gasteiger partial charge in [0.05, 0.1) is 106 Å². The van der Waals surface area contributed by atoms with E-state index in [9.17, 15) is 28.8 Å². The first-order valence-corrected chi connectivity index (χ1v) is 38.4. The minimum Gasteiger partial charge on any atom is -0.385 e. The van der Waals surface area contributed by atoms with Crippen LogP contribution in [-0.4, -0.2) is 180 Å². The molecule has 2 aliphatic heterocycles. The number of rotatable bonds is 28. The Morgan fingerprint density at radius 1 is 0.593 bits per heavy atom. The normalized spacial score (nSPS) is 13.2. The van der Waals surface area contributed by atoms with Gasteiger partial charge in [-0.1, -0.05) is 113 Å². The summed E-state index contributed by atoms with van der Waals surface area (Å²) in [5.41, 5.74) is 8.97. The fourth-order valence-electron chi connectivity index (χ4n) is 11.9. The molecular formula is C86H102FN19O7. The standard InChI is InChI=1S/C26H27N5O2.C21H27N5O.C20H23N5O2.C19H23FN4O2.H2/c1-19(2)31(18-21-6-4-3-5-7-21)25(32)23-17-28-26(30-12-14-33-15-13-30)29-24(23)22-10-8-20(16-27)9-11-22;1-6-15(4)24-20(27)18-12-23-21(26(5)13-14(2)3)25-19(18)17-9-7-16(11-22)8-10-17;1-27-10-2-9-22-20-24-13-17(19(26)23-12-15-3-4-15)18(25-20)16-7-5-14(11-21)6-8-16;1-2-3-8-21-18(25)15-13-22-19(24-9-11-26-12-10-24)23-17(15)14-6-4-5-7-16(14)20;/h3-11,17,19H,12-15,18H2,1-2H3;7-10,12,14-15H,6,13H2,1-5H3,(H,24,27);5-8,13,15H,2-4,9-10,12H2,1H3,(H,23,26)(H,22,24,25);4-7,13H,2-3,8-12H2,1H3,(H,21,25);1H. The van der Waals surface area contributed by atoms with Gasteiger partial charge in [-0.15, -0.1) is 0 Å². The van der Waals surface area contributed by atoms with E-state index in [2.05, 4.69) is 100 Å². The number of benzene rings is 5. The number of anilines is 4. The largest absolute Gasteiger partial charge is 0.385 e. The highest BCUT2D eigenvalue weighted by Crippen LogP contribution is 2.32. The molecule has 1 atom stereocenters. The van der Waals surface area contributed by atoms with Crippen molar-refractivity contribution in [2.45, 2.75) is 106 Å². The number of ether oxygens (including phenoxy) is 3. The number of halogens is 1. The van der Waals surface area contributed by atoms with Crippen molar-refractivity contribution in [1.82, 2.24) is 60.7 Å². The summed E-state index contributed by atoms with van der Waals surface area (Å²) in [6.07, 6.45) is 12.1. The SMILES string of the molecule is CC(C)N(Cc1ccccc1)C(=O)c1cnc(N2CCOCC2)nc1-c1ccc(C#N)cc1.CCC(C)NC(=O)c1cnc(N(C)CC(C)C)nc1-c1ccc(C#N)cc1.CCCCNC(=O)c1cnc(N2CCOCC2)nc1-c1ccccc1F.COCCCNc1ncc(C(=O)NCC2CC2)c(-c2ccc(C#N)cc2)n1.[HH]. The molecule has 113 heavy (non-hydrogen) atoms. The third-order valence-electron chi connectivity index (χ3n) is 18.6. The van der Waals surface area contributed by atoms with E-state index >= 15 is 0 Å². The van der Waals surface area contributed by atoms with Crippen LogP contribution in [0.4, 0.5) is 28.2 Å². The van der Waals surface area contributed by atoms with Crippen LogP contribution in [0.25, 0.3) is 45.0 Å². The Morgan fingerprint density at radius 3 is 1.61 bits per heavy atom. The molecule has 4 amide bonds. The van der Waals surface area contributed by atoms with Gasteiger partial charge in [0.2, 0.25) is 23.8 Å². The second kappa shape index (κ2) is 43.4. The fourth-order valence-corrected chi connectivity index (χ4v) is 11.9. The van der Waals surface area contributed by atoms with Crippen LogP contribution in [-0.2, 0) is 20.8 Å². The number of hydrogen-bond donors (Lipinski definition) is 4. The van der Waals surface area contributed by atoms with E-state index in [0.29, 0.717) is 183 Å². The number of methoxy groups -OCH3 is 1. The molecule has 590 valence electrons. The molecule has 1 saturated carbocycles. The molecule has 5 aromatic carbocycles. The van der Waals surface area contributed by atoms with E-state index in [1.165, 1.54) is 25.1 Å². The van der Waals surface area contributed by atoms with Crippen molar-refractivity contribution >= 4 is 47.4 Å². The maximum atomic E-state index is 14.4. The first kappa shape index (κ1) is 84.8. The summed E-state index contributed by atoms with van der Waals surface area (Å²) < 4.78 is 30.2. The van der Waals surface area contributed by atoms with Gasteiger partial charge in [0.1, 0.15) is 5.82 Å². The minimum atomic E-state index is -0.415. The molecule has 2 saturated heterocycles. The summed E-state index contributed by atoms with van der Waals surface area (Å²) in [5, 5.41) is 39.1. The average Bonchev–Trinajstić information content (AvgIpc) is 1.39. The van der Waals surface area contributed by atoms with Gasteiger partial charge >= 0.3 is 0 Å². The number of aromatic nitrogens is 8. The first-order valence-electron chi connectivity index (χ1n) is 38.4. The van der Waals surface area contributed by atoms with Crippen LogP contribution in [0.15, 0.2) is 152 Å². The molecule has 0 bridgehead atoms. The van der Waals surface area contributed by atoms with Crippen molar-refractivity contribution in [2.24, 2.45) is 11.8 Å². The summed E-state index contributed by atoms with van der Waals surface area (Å²) >= 11 is 0. The molecular weight excluding hydrogens is 1430 g/mol. The van der Waals surface area contributed by atoms with Crippen molar-refractivity contribution in [3.8, 4) is 63.2 Å². The monoisotopic (exact) mass is 1530 g/mol. The van der Waals surface area contributed by atoms with Crippen LogP contribution >= 0.6 is 0 Å². The topological polar surface area (TPSA) is 332 Å². The Kier molecular flexibility index (Phi) is 32.6. The summed E-state index contributed by atoms with van der Waals surface area (Å²) in [6.45, 7) is 23.4. The van der Waals surface area contributed by atoms with Crippen LogP contribution in [0.2, 0.25) is 0 Å². The van der Waals surface area contributed by atoms with Crippen molar-refractivity contribution in [2.75, 3.05) is 120 Å². The lowest BCUT2D eigenvalue weighted by atomic mass is 10.0. The molecule has 9 aromatic rings. The summed E-state index contributed by atoms with van der Waals surface area (Å²) in [6, 6.07) is 43.9. The number of nitrogens with one attached hydrogen (secondary N) is 4. The van der Waals surface area contributed by atoms with Gasteiger partial charge in [0.15, 0.2) is 0 Å². The lowest BCUT2D eigenvalue weighted by molar-refractivity contribution is 0.0689. The molecule has 3 fully saturated rings. The Bertz CT molecular complexity index is 4740. The number of nitriles is 3. The highest BCUT2D eigenvalue weighted by Gasteiger charge is 2.29. The van der Waals surface area contributed by atoms with Crippen molar-refractivity contribution < 1.29 is 39.2 Å². The van der Waals surface area contributed by atoms with Gasteiger partial charge in [-0.3, -0.25) is 19.2 Å². The molecule has 26 nitrogen and oxygen atoms in total. The van der Waals surface area contributed by atoms with Gasteiger partial charge in [0.25, 0.3) is 23.6 Å².